The Hall–Kier alpha value is -3.11. The highest BCUT2D eigenvalue weighted by atomic mass is 32.2. The topological polar surface area (TPSA) is 135 Å². The smallest absolute Gasteiger partial charge is 0.319 e. The maximum Gasteiger partial charge on any atom is 0.319 e. The van der Waals surface area contributed by atoms with Crippen LogP contribution in [-0.4, -0.2) is 51.9 Å². The molecular formula is C24H31N3O6S. The number of ether oxygens (including phenoxy) is 4. The van der Waals surface area contributed by atoms with Crippen LogP contribution in [0.5, 0.6) is 17.2 Å². The zero-order valence-corrected chi connectivity index (χ0v) is 20.4. The predicted molar refractivity (Wildman–Crippen MR) is 130 cm³/mol. The zero-order chi connectivity index (χ0) is 24.7. The average Bonchev–Trinajstić information content (AvgIpc) is 2.84. The fraction of sp³-hybridized carbons (Fsp3) is 0.417. The highest BCUT2D eigenvalue weighted by molar-refractivity contribution is 7.99. The molecule has 10 heteroatoms. The van der Waals surface area contributed by atoms with Crippen LogP contribution in [0.1, 0.15) is 36.0 Å². The lowest BCUT2D eigenvalue weighted by molar-refractivity contribution is -0.148. The Balaban J connectivity index is 1.77. The van der Waals surface area contributed by atoms with Crippen LogP contribution in [0, 0.1) is 0 Å². The summed E-state index contributed by atoms with van der Waals surface area (Å²) >= 11 is 1.50. The number of primary amides is 1. The molecule has 0 aliphatic heterocycles. The number of hydrogen-bond acceptors (Lipinski definition) is 9. The van der Waals surface area contributed by atoms with Crippen molar-refractivity contribution < 1.29 is 28.5 Å². The van der Waals surface area contributed by atoms with E-state index in [4.69, 9.17) is 30.4 Å². The van der Waals surface area contributed by atoms with E-state index in [2.05, 4.69) is 5.32 Å². The number of carbonyl (C=O) groups is 2. The fourth-order valence-electron chi connectivity index (χ4n) is 3.95. The molecule has 0 unspecified atom stereocenters. The van der Waals surface area contributed by atoms with Gasteiger partial charge in [0.2, 0.25) is 5.75 Å². The van der Waals surface area contributed by atoms with Crippen molar-refractivity contribution in [1.82, 2.24) is 0 Å². The summed E-state index contributed by atoms with van der Waals surface area (Å²) in [6.45, 7) is -0.115. The van der Waals surface area contributed by atoms with Gasteiger partial charge < -0.3 is 35.7 Å². The lowest BCUT2D eigenvalue weighted by Crippen LogP contribution is -2.33. The monoisotopic (exact) mass is 489 g/mol. The maximum atomic E-state index is 12.0. The van der Waals surface area contributed by atoms with Crippen LogP contribution in [0.25, 0.3) is 0 Å². The van der Waals surface area contributed by atoms with Crippen molar-refractivity contribution in [3.63, 3.8) is 0 Å². The number of benzene rings is 2. The predicted octanol–water partition coefficient (Wildman–Crippen LogP) is 3.19. The van der Waals surface area contributed by atoms with Crippen LogP contribution in [0.4, 0.5) is 5.69 Å². The minimum absolute atomic E-state index is 0.115. The van der Waals surface area contributed by atoms with Gasteiger partial charge in [0.15, 0.2) is 11.5 Å². The van der Waals surface area contributed by atoms with E-state index in [0.29, 0.717) is 28.5 Å². The lowest BCUT2D eigenvalue weighted by Gasteiger charge is -2.30. The van der Waals surface area contributed by atoms with E-state index in [0.717, 1.165) is 35.5 Å². The Kier molecular flexibility index (Phi) is 8.89. The summed E-state index contributed by atoms with van der Waals surface area (Å²) in [5, 5.41) is 3.46. The molecular weight excluding hydrogens is 458 g/mol. The van der Waals surface area contributed by atoms with E-state index in [9.17, 15) is 9.59 Å². The van der Waals surface area contributed by atoms with Gasteiger partial charge in [0.05, 0.1) is 33.4 Å². The number of nitrogens with two attached hydrogens (primary N) is 2. The number of rotatable bonds is 10. The Morgan fingerprint density at radius 3 is 2.15 bits per heavy atom. The highest BCUT2D eigenvalue weighted by Crippen LogP contribution is 2.43. The van der Waals surface area contributed by atoms with Gasteiger partial charge in [-0.15, -0.1) is 0 Å². The second kappa shape index (κ2) is 11.8. The van der Waals surface area contributed by atoms with Gasteiger partial charge in [-0.2, -0.15) is 0 Å². The number of anilines is 1. The lowest BCUT2D eigenvalue weighted by atomic mass is 9.92. The van der Waals surface area contributed by atoms with Gasteiger partial charge in [0, 0.05) is 21.5 Å². The van der Waals surface area contributed by atoms with Crippen LogP contribution in [-0.2, 0) is 9.53 Å². The normalized spacial score (nSPS) is 17.5. The van der Waals surface area contributed by atoms with Crippen LogP contribution >= 0.6 is 11.8 Å². The van der Waals surface area contributed by atoms with Crippen molar-refractivity contribution in [2.45, 2.75) is 47.6 Å². The molecule has 0 heterocycles. The van der Waals surface area contributed by atoms with E-state index in [1.807, 2.05) is 24.3 Å². The summed E-state index contributed by atoms with van der Waals surface area (Å²) in [7, 11) is 4.70. The Labute approximate surface area is 203 Å². The summed E-state index contributed by atoms with van der Waals surface area (Å²) in [6, 6.07) is 9.35. The second-order valence-electron chi connectivity index (χ2n) is 7.85. The summed E-state index contributed by atoms with van der Waals surface area (Å²) in [5.41, 5.74) is 12.0. The van der Waals surface area contributed by atoms with E-state index in [-0.39, 0.29) is 24.7 Å². The van der Waals surface area contributed by atoms with E-state index >= 15 is 0 Å². The quantitative estimate of drug-likeness (QED) is 0.430. The van der Waals surface area contributed by atoms with Crippen LogP contribution < -0.4 is 31.0 Å². The van der Waals surface area contributed by atoms with Crippen molar-refractivity contribution in [3.8, 4) is 17.2 Å². The molecule has 0 aromatic heterocycles. The van der Waals surface area contributed by atoms with Crippen molar-refractivity contribution in [1.29, 1.82) is 0 Å². The molecule has 1 fully saturated rings. The molecule has 184 valence electrons. The molecule has 34 heavy (non-hydrogen) atoms. The first-order valence-corrected chi connectivity index (χ1v) is 11.8. The summed E-state index contributed by atoms with van der Waals surface area (Å²) < 4.78 is 21.6. The van der Waals surface area contributed by atoms with Gasteiger partial charge in [0.25, 0.3) is 5.91 Å². The summed E-state index contributed by atoms with van der Waals surface area (Å²) in [6.07, 6.45) is 2.94. The Morgan fingerprint density at radius 1 is 0.971 bits per heavy atom. The number of esters is 1. The molecule has 9 nitrogen and oxygen atoms in total. The third kappa shape index (κ3) is 6.27. The molecule has 2 aromatic carbocycles. The number of methoxy groups -OCH3 is 3. The molecule has 0 spiro atoms. The van der Waals surface area contributed by atoms with E-state index < -0.39 is 5.91 Å². The van der Waals surface area contributed by atoms with E-state index in [1.54, 1.807) is 27.4 Å². The fourth-order valence-corrected chi connectivity index (χ4v) is 4.87. The summed E-state index contributed by atoms with van der Waals surface area (Å²) in [4.78, 5) is 25.3. The van der Waals surface area contributed by atoms with Gasteiger partial charge in [-0.1, -0.05) is 11.8 Å². The highest BCUT2D eigenvalue weighted by Gasteiger charge is 2.24. The first-order valence-electron chi connectivity index (χ1n) is 11.0. The largest absolute Gasteiger partial charge is 0.493 e. The molecule has 2 aromatic rings. The first-order chi connectivity index (χ1) is 16.4. The molecule has 1 amide bonds. The van der Waals surface area contributed by atoms with Gasteiger partial charge in [-0.05, 0) is 56.0 Å². The van der Waals surface area contributed by atoms with E-state index in [1.165, 1.54) is 11.8 Å². The van der Waals surface area contributed by atoms with Crippen molar-refractivity contribution in [2.24, 2.45) is 11.5 Å². The molecule has 3 rings (SSSR count). The molecule has 0 saturated heterocycles. The maximum absolute atomic E-state index is 12.0. The molecule has 1 aliphatic carbocycles. The Bertz CT molecular complexity index is 999. The zero-order valence-electron chi connectivity index (χ0n) is 19.6. The van der Waals surface area contributed by atoms with Crippen LogP contribution in [0.15, 0.2) is 40.1 Å². The molecule has 5 N–H and O–H groups in total. The standard InChI is InChI=1S/C24H31N3O6S/c1-30-20-11-17(12-21(31-2)23(20)32-3)34-16-8-9-18(24(26)29)19(10-16)27-14-4-6-15(7-5-14)33-22(28)13-25/h8-12,14-15,27H,4-7,13,25H2,1-3H3,(H2,26,29). The molecule has 0 radical (unpaired) electrons. The second-order valence-corrected chi connectivity index (χ2v) is 8.99. The van der Waals surface area contributed by atoms with Gasteiger partial charge in [-0.3, -0.25) is 9.59 Å². The molecule has 0 bridgehead atoms. The number of nitrogens with one attached hydrogen (secondary N) is 1. The third-order valence-electron chi connectivity index (χ3n) is 5.63. The van der Waals surface area contributed by atoms with Crippen molar-refractivity contribution in [3.05, 3.63) is 35.9 Å². The van der Waals surface area contributed by atoms with Crippen molar-refractivity contribution in [2.75, 3.05) is 33.2 Å². The number of amides is 1. The number of carbonyl (C=O) groups excluding carboxylic acids is 2. The van der Waals surface area contributed by atoms with Crippen LogP contribution in [0.3, 0.4) is 0 Å². The number of hydrogen-bond donors (Lipinski definition) is 3. The van der Waals surface area contributed by atoms with Gasteiger partial charge >= 0.3 is 5.97 Å². The third-order valence-corrected chi connectivity index (χ3v) is 6.59. The Morgan fingerprint density at radius 2 is 1.62 bits per heavy atom. The van der Waals surface area contributed by atoms with Crippen LogP contribution in [0.2, 0.25) is 0 Å². The van der Waals surface area contributed by atoms with Crippen molar-refractivity contribution >= 4 is 29.3 Å². The average molecular weight is 490 g/mol. The minimum atomic E-state index is -0.502. The summed E-state index contributed by atoms with van der Waals surface area (Å²) in [5.74, 6) is 0.752. The minimum Gasteiger partial charge on any atom is -0.493 e. The SMILES string of the molecule is COc1cc(Sc2ccc(C(N)=O)c(NC3CCC(OC(=O)CN)CC3)c2)cc(OC)c1OC. The molecule has 0 atom stereocenters. The molecule has 1 aliphatic rings. The first kappa shape index (κ1) is 25.5. The molecule has 1 saturated carbocycles. The van der Waals surface area contributed by atoms with Gasteiger partial charge in [0.1, 0.15) is 6.10 Å². The van der Waals surface area contributed by atoms with Gasteiger partial charge in [-0.25, -0.2) is 0 Å².